The summed E-state index contributed by atoms with van der Waals surface area (Å²) in [7, 11) is 2.07. The Hall–Kier alpha value is -3.40. The van der Waals surface area contributed by atoms with Gasteiger partial charge in [-0.25, -0.2) is 9.78 Å². The van der Waals surface area contributed by atoms with Gasteiger partial charge in [-0.15, -0.1) is 0 Å². The highest BCUT2D eigenvalue weighted by atomic mass is 19.4. The number of H-pyrrole nitrogens is 1. The van der Waals surface area contributed by atoms with E-state index in [1.54, 1.807) is 6.20 Å². The van der Waals surface area contributed by atoms with Crippen LogP contribution in [0.25, 0.3) is 11.3 Å². The summed E-state index contributed by atoms with van der Waals surface area (Å²) >= 11 is 0. The van der Waals surface area contributed by atoms with Crippen LogP contribution in [0.3, 0.4) is 0 Å². The molecule has 7 nitrogen and oxygen atoms in total. The number of carboxylic acids is 1. The Kier molecular flexibility index (Phi) is 8.77. The number of aromatic amines is 1. The highest BCUT2D eigenvalue weighted by molar-refractivity contribution is 5.73. The van der Waals surface area contributed by atoms with Gasteiger partial charge in [0.15, 0.2) is 0 Å². The fourth-order valence-corrected chi connectivity index (χ4v) is 2.56. The molecule has 2 aromatic heterocycles. The van der Waals surface area contributed by atoms with Gasteiger partial charge < -0.3 is 15.3 Å². The Morgan fingerprint density at radius 2 is 1.69 bits per heavy atom. The standard InChI is InChI=1S/C20H25N5.C2HF3O2/c1-15(2)25(3)20-9-6-17(14-22-20)13-21-12-16-4-7-18(8-5-16)19-10-11-23-24-19;3-2(4,5)1(6)7/h4-11,14-15,21H,12-13H2,1-3H3,(H,23,24);(H,6,7). The van der Waals surface area contributed by atoms with Crippen molar-refractivity contribution in [1.82, 2.24) is 20.5 Å². The van der Waals surface area contributed by atoms with Gasteiger partial charge in [-0.2, -0.15) is 18.3 Å². The van der Waals surface area contributed by atoms with Gasteiger partial charge in [0, 0.05) is 38.6 Å². The highest BCUT2D eigenvalue weighted by Crippen LogP contribution is 2.17. The molecule has 3 rings (SSSR count). The molecule has 0 amide bonds. The molecule has 3 aromatic rings. The van der Waals surface area contributed by atoms with Gasteiger partial charge in [0.2, 0.25) is 0 Å². The normalized spacial score (nSPS) is 11.1. The summed E-state index contributed by atoms with van der Waals surface area (Å²) < 4.78 is 31.7. The van der Waals surface area contributed by atoms with E-state index in [2.05, 4.69) is 82.7 Å². The van der Waals surface area contributed by atoms with Crippen molar-refractivity contribution < 1.29 is 23.1 Å². The number of hydrogen-bond donors (Lipinski definition) is 3. The van der Waals surface area contributed by atoms with Gasteiger partial charge in [0.1, 0.15) is 5.82 Å². The van der Waals surface area contributed by atoms with Crippen molar-refractivity contribution in [2.45, 2.75) is 39.2 Å². The minimum atomic E-state index is -5.08. The van der Waals surface area contributed by atoms with Crippen LogP contribution in [0.4, 0.5) is 19.0 Å². The topological polar surface area (TPSA) is 94.1 Å². The van der Waals surface area contributed by atoms with E-state index in [1.165, 1.54) is 11.1 Å². The van der Waals surface area contributed by atoms with E-state index in [-0.39, 0.29) is 0 Å². The smallest absolute Gasteiger partial charge is 0.475 e. The number of carbonyl (C=O) groups is 1. The number of hydrogen-bond acceptors (Lipinski definition) is 5. The third-order valence-electron chi connectivity index (χ3n) is 4.61. The zero-order valence-corrected chi connectivity index (χ0v) is 18.0. The van der Waals surface area contributed by atoms with E-state index in [4.69, 9.17) is 9.90 Å². The van der Waals surface area contributed by atoms with Crippen LogP contribution in [-0.4, -0.2) is 45.5 Å². The number of nitrogens with one attached hydrogen (secondary N) is 2. The maximum Gasteiger partial charge on any atom is 0.490 e. The lowest BCUT2D eigenvalue weighted by molar-refractivity contribution is -0.192. The fraction of sp³-hybridized carbons (Fsp3) is 0.318. The molecule has 0 unspecified atom stereocenters. The van der Waals surface area contributed by atoms with Crippen LogP contribution in [0, 0.1) is 0 Å². The Labute approximate surface area is 184 Å². The molecule has 0 aliphatic rings. The summed E-state index contributed by atoms with van der Waals surface area (Å²) in [5.41, 5.74) is 4.63. The molecule has 32 heavy (non-hydrogen) atoms. The largest absolute Gasteiger partial charge is 0.490 e. The zero-order valence-electron chi connectivity index (χ0n) is 18.0. The van der Waals surface area contributed by atoms with Crippen molar-refractivity contribution in [3.05, 3.63) is 66.0 Å². The van der Waals surface area contributed by atoms with Crippen molar-refractivity contribution in [3.8, 4) is 11.3 Å². The molecule has 2 heterocycles. The zero-order chi connectivity index (χ0) is 23.7. The first-order valence-electron chi connectivity index (χ1n) is 9.85. The maximum atomic E-state index is 10.6. The van der Waals surface area contributed by atoms with Gasteiger partial charge in [0.25, 0.3) is 0 Å². The molecule has 0 saturated carbocycles. The number of carboxylic acid groups (broad SMARTS) is 1. The average Bonchev–Trinajstić information content (AvgIpc) is 3.29. The number of nitrogens with zero attached hydrogens (tertiary/aromatic N) is 3. The number of aromatic nitrogens is 3. The van der Waals surface area contributed by atoms with Gasteiger partial charge in [-0.1, -0.05) is 30.3 Å². The number of aliphatic carboxylic acids is 1. The van der Waals surface area contributed by atoms with Crippen molar-refractivity contribution in [3.63, 3.8) is 0 Å². The summed E-state index contributed by atoms with van der Waals surface area (Å²) in [6.07, 6.45) is -1.37. The third-order valence-corrected chi connectivity index (χ3v) is 4.61. The van der Waals surface area contributed by atoms with Crippen molar-refractivity contribution in [2.75, 3.05) is 11.9 Å². The molecule has 10 heteroatoms. The predicted octanol–water partition coefficient (Wildman–Crippen LogP) is 4.24. The third kappa shape index (κ3) is 7.69. The fourth-order valence-electron chi connectivity index (χ4n) is 2.56. The monoisotopic (exact) mass is 449 g/mol. The first-order valence-corrected chi connectivity index (χ1v) is 9.85. The van der Waals surface area contributed by atoms with Crippen LogP contribution in [0.2, 0.25) is 0 Å². The Morgan fingerprint density at radius 1 is 1.09 bits per heavy atom. The summed E-state index contributed by atoms with van der Waals surface area (Å²) in [4.78, 5) is 15.6. The van der Waals surface area contributed by atoms with Crippen LogP contribution in [-0.2, 0) is 17.9 Å². The van der Waals surface area contributed by atoms with E-state index >= 15 is 0 Å². The summed E-state index contributed by atoms with van der Waals surface area (Å²) in [5, 5.41) is 17.6. The molecule has 0 spiro atoms. The van der Waals surface area contributed by atoms with E-state index in [1.807, 2.05) is 12.3 Å². The number of halogens is 3. The minimum Gasteiger partial charge on any atom is -0.475 e. The van der Waals surface area contributed by atoms with E-state index in [0.29, 0.717) is 6.04 Å². The van der Waals surface area contributed by atoms with Gasteiger partial charge in [-0.05, 0) is 42.7 Å². The highest BCUT2D eigenvalue weighted by Gasteiger charge is 2.38. The molecule has 0 bridgehead atoms. The van der Waals surface area contributed by atoms with Crippen LogP contribution < -0.4 is 10.2 Å². The lowest BCUT2D eigenvalue weighted by atomic mass is 10.1. The molecule has 0 aliphatic carbocycles. The second kappa shape index (κ2) is 11.3. The minimum absolute atomic E-state index is 0.446. The first-order chi connectivity index (χ1) is 15.1. The molecular formula is C22H26F3N5O2. The van der Waals surface area contributed by atoms with Crippen molar-refractivity contribution in [1.29, 1.82) is 0 Å². The van der Waals surface area contributed by atoms with E-state index in [9.17, 15) is 13.2 Å². The second-order valence-corrected chi connectivity index (χ2v) is 7.30. The number of rotatable bonds is 7. The summed E-state index contributed by atoms with van der Waals surface area (Å²) in [6, 6.07) is 15.1. The van der Waals surface area contributed by atoms with Crippen molar-refractivity contribution in [2.24, 2.45) is 0 Å². The molecule has 0 radical (unpaired) electrons. The van der Waals surface area contributed by atoms with Crippen LogP contribution in [0.5, 0.6) is 0 Å². The lowest BCUT2D eigenvalue weighted by Crippen LogP contribution is -2.26. The first kappa shape index (κ1) is 24.9. The van der Waals surface area contributed by atoms with Crippen LogP contribution >= 0.6 is 0 Å². The summed E-state index contributed by atoms with van der Waals surface area (Å²) in [5.74, 6) is -1.75. The molecule has 3 N–H and O–H groups in total. The van der Waals surface area contributed by atoms with Crippen LogP contribution in [0.1, 0.15) is 25.0 Å². The maximum absolute atomic E-state index is 10.6. The van der Waals surface area contributed by atoms with E-state index < -0.39 is 12.1 Å². The molecule has 0 aliphatic heterocycles. The molecule has 172 valence electrons. The van der Waals surface area contributed by atoms with E-state index in [0.717, 1.165) is 30.2 Å². The molecule has 0 atom stereocenters. The predicted molar refractivity (Wildman–Crippen MR) is 116 cm³/mol. The quantitative estimate of drug-likeness (QED) is 0.500. The second-order valence-electron chi connectivity index (χ2n) is 7.30. The Balaban J connectivity index is 0.000000451. The Bertz CT molecular complexity index is 957. The molecule has 1 aromatic carbocycles. The van der Waals surface area contributed by atoms with Crippen LogP contribution in [0.15, 0.2) is 54.9 Å². The van der Waals surface area contributed by atoms with Crippen molar-refractivity contribution >= 4 is 11.8 Å². The number of pyridine rings is 1. The number of alkyl halides is 3. The van der Waals surface area contributed by atoms with Gasteiger partial charge >= 0.3 is 12.1 Å². The molecular weight excluding hydrogens is 423 g/mol. The van der Waals surface area contributed by atoms with Gasteiger partial charge in [-0.3, -0.25) is 5.10 Å². The summed E-state index contributed by atoms with van der Waals surface area (Å²) in [6.45, 7) is 5.96. The number of anilines is 1. The molecule has 0 saturated heterocycles. The average molecular weight is 449 g/mol. The Morgan fingerprint density at radius 3 is 2.16 bits per heavy atom. The number of benzene rings is 1. The SMILES string of the molecule is CC(C)N(C)c1ccc(CNCc2ccc(-c3ccn[nH]3)cc2)cn1.O=C(O)C(F)(F)F. The lowest BCUT2D eigenvalue weighted by Gasteiger charge is -2.22. The molecule has 0 fully saturated rings. The van der Waals surface area contributed by atoms with Gasteiger partial charge in [0.05, 0.1) is 5.69 Å².